The van der Waals surface area contributed by atoms with Gasteiger partial charge in [-0.15, -0.1) is 0 Å². The molecule has 2 fully saturated rings. The molecule has 1 saturated carbocycles. The number of hydrogen-bond donors (Lipinski definition) is 1. The van der Waals surface area contributed by atoms with Crippen LogP contribution in [-0.2, 0) is 11.2 Å². The van der Waals surface area contributed by atoms with Crippen LogP contribution < -0.4 is 0 Å². The van der Waals surface area contributed by atoms with E-state index < -0.39 is 5.97 Å². The Hall–Kier alpha value is -2.64. The van der Waals surface area contributed by atoms with Gasteiger partial charge in [0, 0.05) is 30.3 Å². The molecule has 2 aromatic rings. The molecule has 2 aliphatic carbocycles. The first kappa shape index (κ1) is 18.4. The number of hydrogen-bond acceptors (Lipinski definition) is 2. The second-order valence-corrected chi connectivity index (χ2v) is 8.64. The second kappa shape index (κ2) is 7.31. The van der Waals surface area contributed by atoms with Gasteiger partial charge < -0.3 is 5.11 Å². The Bertz CT molecular complexity index is 1010. The molecular weight excluding hydrogens is 365 g/mol. The molecule has 3 unspecified atom stereocenters. The number of fused-ring (bicyclic) bond motifs is 3. The summed E-state index contributed by atoms with van der Waals surface area (Å²) in [5, 5.41) is 9.55. The summed E-state index contributed by atoms with van der Waals surface area (Å²) in [4.78, 5) is 14.1. The minimum absolute atomic E-state index is 0.146. The van der Waals surface area contributed by atoms with Crippen LogP contribution in [0.2, 0.25) is 0 Å². The number of nitrogens with zero attached hydrogens (tertiary/aromatic N) is 1. The van der Waals surface area contributed by atoms with Crippen LogP contribution >= 0.6 is 0 Å². The molecule has 1 saturated heterocycles. The van der Waals surface area contributed by atoms with Gasteiger partial charge in [0.2, 0.25) is 0 Å². The molecule has 29 heavy (non-hydrogen) atoms. The fourth-order valence-electron chi connectivity index (χ4n) is 5.68. The maximum Gasteiger partial charge on any atom is 0.307 e. The lowest BCUT2D eigenvalue weighted by atomic mass is 9.84. The average Bonchev–Trinajstić information content (AvgIpc) is 3.24. The molecule has 2 bridgehead atoms. The van der Waals surface area contributed by atoms with E-state index in [9.17, 15) is 14.3 Å². The highest BCUT2D eigenvalue weighted by atomic mass is 19.1. The minimum Gasteiger partial charge on any atom is -0.481 e. The van der Waals surface area contributed by atoms with Gasteiger partial charge in [-0.3, -0.25) is 9.69 Å². The predicted octanol–water partition coefficient (Wildman–Crippen LogP) is 4.26. The van der Waals surface area contributed by atoms with Gasteiger partial charge in [-0.2, -0.15) is 0 Å². The molecule has 3 nitrogen and oxygen atoms in total. The number of piperidine rings is 1. The Morgan fingerprint density at radius 2 is 1.72 bits per heavy atom. The highest BCUT2D eigenvalue weighted by Crippen LogP contribution is 2.46. The van der Waals surface area contributed by atoms with Crippen molar-refractivity contribution in [1.29, 1.82) is 0 Å². The lowest BCUT2D eigenvalue weighted by Crippen LogP contribution is -2.45. The zero-order valence-corrected chi connectivity index (χ0v) is 16.3. The molecule has 0 spiro atoms. The van der Waals surface area contributed by atoms with Crippen LogP contribution in [0.15, 0.2) is 42.5 Å². The average molecular weight is 389 g/mol. The molecule has 1 aliphatic heterocycles. The van der Waals surface area contributed by atoms with Gasteiger partial charge in [0.1, 0.15) is 5.82 Å². The quantitative estimate of drug-likeness (QED) is 0.781. The van der Waals surface area contributed by atoms with E-state index in [1.165, 1.54) is 23.3 Å². The van der Waals surface area contributed by atoms with Crippen molar-refractivity contribution >= 4 is 5.97 Å². The number of carboxylic acid groups (broad SMARTS) is 1. The van der Waals surface area contributed by atoms with Gasteiger partial charge in [0.25, 0.3) is 0 Å². The van der Waals surface area contributed by atoms with Crippen molar-refractivity contribution in [2.45, 2.75) is 31.7 Å². The smallest absolute Gasteiger partial charge is 0.307 e. The first-order valence-corrected chi connectivity index (χ1v) is 10.5. The van der Waals surface area contributed by atoms with Crippen molar-refractivity contribution in [3.8, 4) is 11.8 Å². The van der Waals surface area contributed by atoms with Crippen molar-refractivity contribution < 1.29 is 14.3 Å². The highest BCUT2D eigenvalue weighted by Gasteiger charge is 2.47. The lowest BCUT2D eigenvalue weighted by molar-refractivity contribution is -0.147. The molecule has 0 amide bonds. The normalized spacial score (nSPS) is 27.9. The highest BCUT2D eigenvalue weighted by molar-refractivity contribution is 5.71. The van der Waals surface area contributed by atoms with Crippen LogP contribution in [0.4, 0.5) is 4.39 Å². The van der Waals surface area contributed by atoms with E-state index in [1.54, 1.807) is 6.07 Å². The number of carboxylic acids is 1. The van der Waals surface area contributed by atoms with Crippen LogP contribution in [0.1, 0.15) is 47.6 Å². The first-order chi connectivity index (χ1) is 14.1. The molecule has 2 aromatic carbocycles. The van der Waals surface area contributed by atoms with Crippen molar-refractivity contribution in [2.24, 2.45) is 17.8 Å². The van der Waals surface area contributed by atoms with Gasteiger partial charge in [-0.25, -0.2) is 4.39 Å². The summed E-state index contributed by atoms with van der Waals surface area (Å²) < 4.78 is 13.3. The molecule has 148 valence electrons. The van der Waals surface area contributed by atoms with Gasteiger partial charge in [-0.05, 0) is 79.0 Å². The van der Waals surface area contributed by atoms with Crippen LogP contribution in [-0.4, -0.2) is 29.1 Å². The number of likely N-dealkylation sites (tertiary alicyclic amines) is 1. The van der Waals surface area contributed by atoms with E-state index in [2.05, 4.69) is 34.9 Å². The van der Waals surface area contributed by atoms with Crippen molar-refractivity contribution in [3.05, 3.63) is 70.5 Å². The maximum atomic E-state index is 13.3. The minimum atomic E-state index is -0.606. The van der Waals surface area contributed by atoms with Crippen LogP contribution in [0.25, 0.3) is 0 Å². The fraction of sp³-hybridized carbons (Fsp3) is 0.400. The van der Waals surface area contributed by atoms with E-state index >= 15 is 0 Å². The summed E-state index contributed by atoms with van der Waals surface area (Å²) in [5.74, 6) is 5.78. The molecule has 4 heteroatoms. The lowest BCUT2D eigenvalue weighted by Gasteiger charge is -2.39. The standard InChI is InChI=1S/C25H24FNO2/c26-21-3-1-2-16(13-21)4-5-17-6-10-22-18(12-17)9-11-23(22)27-14-19-7-8-20(15-27)24(19)25(28)29/h1-3,6,10,12-13,19-20,23-24H,7-9,11,14-15H2,(H,28,29). The summed E-state index contributed by atoms with van der Waals surface area (Å²) in [6.45, 7) is 1.80. The Balaban J connectivity index is 1.34. The molecule has 1 N–H and O–H groups in total. The summed E-state index contributed by atoms with van der Waals surface area (Å²) in [5.41, 5.74) is 4.35. The summed E-state index contributed by atoms with van der Waals surface area (Å²) >= 11 is 0. The van der Waals surface area contributed by atoms with E-state index in [1.807, 2.05) is 6.07 Å². The molecular formula is C25H24FNO2. The SMILES string of the molecule is O=C(O)C1C2CCC1CN(C1CCc3cc(C#Cc4cccc(F)c4)ccc31)C2. The fourth-order valence-corrected chi connectivity index (χ4v) is 5.68. The van der Waals surface area contributed by atoms with Crippen molar-refractivity contribution in [3.63, 3.8) is 0 Å². The second-order valence-electron chi connectivity index (χ2n) is 8.64. The van der Waals surface area contributed by atoms with E-state index in [0.717, 1.165) is 44.3 Å². The third-order valence-corrected chi connectivity index (χ3v) is 6.95. The number of aryl methyl sites for hydroxylation is 1. The van der Waals surface area contributed by atoms with Gasteiger partial charge in [-0.1, -0.05) is 24.0 Å². The number of benzene rings is 2. The molecule has 3 atom stereocenters. The Kier molecular flexibility index (Phi) is 4.64. The third-order valence-electron chi connectivity index (χ3n) is 6.95. The Morgan fingerprint density at radius 3 is 2.41 bits per heavy atom. The predicted molar refractivity (Wildman–Crippen MR) is 109 cm³/mol. The van der Waals surface area contributed by atoms with Crippen LogP contribution in [0.3, 0.4) is 0 Å². The monoisotopic (exact) mass is 389 g/mol. The molecule has 1 heterocycles. The number of aliphatic carboxylic acids is 1. The van der Waals surface area contributed by atoms with Crippen LogP contribution in [0, 0.1) is 35.4 Å². The molecule has 0 radical (unpaired) electrons. The number of halogens is 1. The topological polar surface area (TPSA) is 40.5 Å². The summed E-state index contributed by atoms with van der Waals surface area (Å²) in [6, 6.07) is 13.2. The summed E-state index contributed by atoms with van der Waals surface area (Å²) in [7, 11) is 0. The third kappa shape index (κ3) is 3.45. The van der Waals surface area contributed by atoms with E-state index in [4.69, 9.17) is 0 Å². The molecule has 5 rings (SSSR count). The van der Waals surface area contributed by atoms with Gasteiger partial charge in [0.05, 0.1) is 5.92 Å². The Labute approximate surface area is 170 Å². The number of carbonyl (C=O) groups is 1. The number of rotatable bonds is 2. The van der Waals surface area contributed by atoms with Crippen molar-refractivity contribution in [2.75, 3.05) is 13.1 Å². The zero-order valence-electron chi connectivity index (χ0n) is 16.3. The largest absolute Gasteiger partial charge is 0.481 e. The van der Waals surface area contributed by atoms with E-state index in [-0.39, 0.29) is 11.7 Å². The summed E-state index contributed by atoms with van der Waals surface area (Å²) in [6.07, 6.45) is 4.22. The zero-order chi connectivity index (χ0) is 20.0. The first-order valence-electron chi connectivity index (χ1n) is 10.5. The van der Waals surface area contributed by atoms with Crippen molar-refractivity contribution in [1.82, 2.24) is 4.90 Å². The van der Waals surface area contributed by atoms with E-state index in [0.29, 0.717) is 23.4 Å². The van der Waals surface area contributed by atoms with Crippen LogP contribution in [0.5, 0.6) is 0 Å². The molecule has 0 aromatic heterocycles. The maximum absolute atomic E-state index is 13.3. The Morgan fingerprint density at radius 1 is 1.00 bits per heavy atom. The molecule has 3 aliphatic rings. The van der Waals surface area contributed by atoms with Gasteiger partial charge >= 0.3 is 5.97 Å². The van der Waals surface area contributed by atoms with Gasteiger partial charge in [0.15, 0.2) is 0 Å².